The van der Waals surface area contributed by atoms with E-state index in [9.17, 15) is 4.79 Å². The van der Waals surface area contributed by atoms with Gasteiger partial charge in [-0.2, -0.15) is 0 Å². The van der Waals surface area contributed by atoms with Gasteiger partial charge in [0.25, 0.3) is 0 Å². The van der Waals surface area contributed by atoms with E-state index < -0.39 is 5.97 Å². The Hall–Kier alpha value is -0.610. The van der Waals surface area contributed by atoms with E-state index >= 15 is 0 Å². The highest BCUT2D eigenvalue weighted by molar-refractivity contribution is 5.70. The zero-order chi connectivity index (χ0) is 11.4. The number of nitrogens with one attached hydrogen (secondary N) is 2. The molecule has 4 nitrogen and oxygen atoms in total. The number of carbonyl (C=O) groups is 1. The molecule has 0 amide bonds. The van der Waals surface area contributed by atoms with Crippen LogP contribution in [0, 0.1) is 5.92 Å². The summed E-state index contributed by atoms with van der Waals surface area (Å²) in [5, 5.41) is 16.0. The molecule has 0 aromatic carbocycles. The van der Waals surface area contributed by atoms with Crippen LogP contribution in [0.3, 0.4) is 0 Å². The van der Waals surface area contributed by atoms with Crippen molar-refractivity contribution in [3.63, 3.8) is 0 Å². The van der Waals surface area contributed by atoms with Crippen molar-refractivity contribution in [1.82, 2.24) is 10.6 Å². The summed E-state index contributed by atoms with van der Waals surface area (Å²) in [6.45, 7) is 1.98. The molecule has 2 heterocycles. The normalized spacial score (nSPS) is 35.9. The Morgan fingerprint density at radius 1 is 1.12 bits per heavy atom. The number of aliphatic carboxylic acids is 1. The average molecular weight is 226 g/mol. The molecule has 3 atom stereocenters. The van der Waals surface area contributed by atoms with Crippen molar-refractivity contribution in [1.29, 1.82) is 0 Å². The Balaban J connectivity index is 1.78. The predicted molar refractivity (Wildman–Crippen MR) is 62.4 cm³/mol. The molecule has 2 saturated heterocycles. The van der Waals surface area contributed by atoms with E-state index in [1.165, 1.54) is 19.3 Å². The van der Waals surface area contributed by atoms with Gasteiger partial charge in [0.1, 0.15) is 0 Å². The predicted octanol–water partition coefficient (Wildman–Crippen LogP) is 0.971. The first-order valence-electron chi connectivity index (χ1n) is 6.45. The van der Waals surface area contributed by atoms with Gasteiger partial charge in [-0.15, -0.1) is 0 Å². The standard InChI is InChI=1S/C12H22N2O2/c15-12(16)9-4-6-14-11(7-9)8-10-3-1-2-5-13-10/h9-11,13-14H,1-8H2,(H,15,16). The summed E-state index contributed by atoms with van der Waals surface area (Å²) in [5.41, 5.74) is 0. The van der Waals surface area contributed by atoms with Gasteiger partial charge in [-0.3, -0.25) is 4.79 Å². The van der Waals surface area contributed by atoms with Gasteiger partial charge in [-0.1, -0.05) is 6.42 Å². The molecule has 2 rings (SSSR count). The van der Waals surface area contributed by atoms with E-state index in [0.29, 0.717) is 12.1 Å². The maximum absolute atomic E-state index is 10.9. The van der Waals surface area contributed by atoms with Gasteiger partial charge >= 0.3 is 5.97 Å². The molecule has 0 bridgehead atoms. The fourth-order valence-corrected chi connectivity index (χ4v) is 2.88. The van der Waals surface area contributed by atoms with Gasteiger partial charge in [0, 0.05) is 12.1 Å². The highest BCUT2D eigenvalue weighted by atomic mass is 16.4. The summed E-state index contributed by atoms with van der Waals surface area (Å²) in [6.07, 6.45) is 6.51. The molecule has 2 aliphatic rings. The van der Waals surface area contributed by atoms with Crippen LogP contribution in [0.25, 0.3) is 0 Å². The van der Waals surface area contributed by atoms with Gasteiger partial charge in [-0.05, 0) is 45.2 Å². The van der Waals surface area contributed by atoms with Crippen LogP contribution in [0.4, 0.5) is 0 Å². The molecule has 3 unspecified atom stereocenters. The monoisotopic (exact) mass is 226 g/mol. The van der Waals surface area contributed by atoms with Gasteiger partial charge in [0.2, 0.25) is 0 Å². The minimum atomic E-state index is -0.622. The molecule has 92 valence electrons. The lowest BCUT2D eigenvalue weighted by Crippen LogP contribution is -2.45. The largest absolute Gasteiger partial charge is 0.481 e. The van der Waals surface area contributed by atoms with E-state index in [-0.39, 0.29) is 5.92 Å². The Morgan fingerprint density at radius 2 is 1.94 bits per heavy atom. The van der Waals surface area contributed by atoms with Crippen molar-refractivity contribution in [3.8, 4) is 0 Å². The molecule has 3 N–H and O–H groups in total. The van der Waals surface area contributed by atoms with Gasteiger partial charge in [-0.25, -0.2) is 0 Å². The highest BCUT2D eigenvalue weighted by Gasteiger charge is 2.28. The Labute approximate surface area is 96.8 Å². The summed E-state index contributed by atoms with van der Waals surface area (Å²) < 4.78 is 0. The minimum absolute atomic E-state index is 0.130. The smallest absolute Gasteiger partial charge is 0.306 e. The molecule has 4 heteroatoms. The molecule has 2 aliphatic heterocycles. The van der Waals surface area contributed by atoms with Crippen LogP contribution in [0.1, 0.15) is 38.5 Å². The molecule has 16 heavy (non-hydrogen) atoms. The zero-order valence-electron chi connectivity index (χ0n) is 9.74. The van der Waals surface area contributed by atoms with Crippen molar-refractivity contribution in [2.45, 2.75) is 50.6 Å². The van der Waals surface area contributed by atoms with Crippen molar-refractivity contribution in [2.24, 2.45) is 5.92 Å². The van der Waals surface area contributed by atoms with Gasteiger partial charge < -0.3 is 15.7 Å². The first-order chi connectivity index (χ1) is 7.75. The quantitative estimate of drug-likeness (QED) is 0.671. The second-order valence-corrected chi connectivity index (χ2v) is 5.09. The van der Waals surface area contributed by atoms with E-state index in [1.54, 1.807) is 0 Å². The van der Waals surface area contributed by atoms with E-state index in [1.807, 2.05) is 0 Å². The van der Waals surface area contributed by atoms with E-state index in [2.05, 4.69) is 10.6 Å². The number of hydrogen-bond donors (Lipinski definition) is 3. The minimum Gasteiger partial charge on any atom is -0.481 e. The zero-order valence-corrected chi connectivity index (χ0v) is 9.74. The lowest BCUT2D eigenvalue weighted by molar-refractivity contribution is -0.143. The van der Waals surface area contributed by atoms with Gasteiger partial charge in [0.05, 0.1) is 5.92 Å². The van der Waals surface area contributed by atoms with E-state index in [4.69, 9.17) is 5.11 Å². The van der Waals surface area contributed by atoms with Crippen molar-refractivity contribution in [3.05, 3.63) is 0 Å². The third-order valence-corrected chi connectivity index (χ3v) is 3.83. The van der Waals surface area contributed by atoms with Crippen LogP contribution in [-0.4, -0.2) is 36.2 Å². The molecular formula is C12H22N2O2. The Bertz CT molecular complexity index is 239. The molecule has 0 spiro atoms. The van der Waals surface area contributed by atoms with E-state index in [0.717, 1.165) is 32.4 Å². The van der Waals surface area contributed by atoms with Crippen molar-refractivity contribution < 1.29 is 9.90 Å². The second kappa shape index (κ2) is 5.64. The number of rotatable bonds is 3. The third kappa shape index (κ3) is 3.19. The summed E-state index contributed by atoms with van der Waals surface area (Å²) in [7, 11) is 0. The molecular weight excluding hydrogens is 204 g/mol. The molecule has 2 fully saturated rings. The first-order valence-corrected chi connectivity index (χ1v) is 6.45. The van der Waals surface area contributed by atoms with Crippen LogP contribution in [0.15, 0.2) is 0 Å². The molecule has 0 radical (unpaired) electrons. The first kappa shape index (κ1) is 11.9. The maximum atomic E-state index is 10.9. The average Bonchev–Trinajstić information content (AvgIpc) is 2.30. The number of carboxylic acids is 1. The molecule has 0 aromatic rings. The van der Waals surface area contributed by atoms with Crippen LogP contribution >= 0.6 is 0 Å². The molecule has 0 saturated carbocycles. The third-order valence-electron chi connectivity index (χ3n) is 3.83. The molecule has 0 aromatic heterocycles. The lowest BCUT2D eigenvalue weighted by atomic mass is 9.87. The fourth-order valence-electron chi connectivity index (χ4n) is 2.88. The number of carboxylic acid groups (broad SMARTS) is 1. The summed E-state index contributed by atoms with van der Waals surface area (Å²) in [4.78, 5) is 10.9. The van der Waals surface area contributed by atoms with Gasteiger partial charge in [0.15, 0.2) is 0 Å². The summed E-state index contributed by atoms with van der Waals surface area (Å²) in [6, 6.07) is 0.990. The Morgan fingerprint density at radius 3 is 2.62 bits per heavy atom. The van der Waals surface area contributed by atoms with Crippen LogP contribution in [0.2, 0.25) is 0 Å². The second-order valence-electron chi connectivity index (χ2n) is 5.09. The maximum Gasteiger partial charge on any atom is 0.306 e. The Kier molecular flexibility index (Phi) is 4.18. The summed E-state index contributed by atoms with van der Waals surface area (Å²) >= 11 is 0. The summed E-state index contributed by atoms with van der Waals surface area (Å²) in [5.74, 6) is -0.752. The van der Waals surface area contributed by atoms with Crippen LogP contribution < -0.4 is 10.6 Å². The highest BCUT2D eigenvalue weighted by Crippen LogP contribution is 2.21. The number of piperidine rings is 2. The van der Waals surface area contributed by atoms with Crippen LogP contribution in [-0.2, 0) is 4.79 Å². The molecule has 0 aliphatic carbocycles. The van der Waals surface area contributed by atoms with Crippen LogP contribution in [0.5, 0.6) is 0 Å². The topological polar surface area (TPSA) is 61.4 Å². The van der Waals surface area contributed by atoms with Crippen molar-refractivity contribution >= 4 is 5.97 Å². The fraction of sp³-hybridized carbons (Fsp3) is 0.917. The SMILES string of the molecule is O=C(O)C1CCNC(CC2CCCCN2)C1. The number of hydrogen-bond acceptors (Lipinski definition) is 3. The lowest BCUT2D eigenvalue weighted by Gasteiger charge is -2.32. The van der Waals surface area contributed by atoms with Crippen molar-refractivity contribution in [2.75, 3.05) is 13.1 Å².